The first-order valence-corrected chi connectivity index (χ1v) is 11.0. The van der Waals surface area contributed by atoms with E-state index in [4.69, 9.17) is 17.0 Å². The van der Waals surface area contributed by atoms with Crippen molar-refractivity contribution in [3.05, 3.63) is 65.7 Å². The standard InChI is InChI=1S/C24H25N3O6S/c1-32-21(29)15-27-19(14-20(28)25-18-10-8-17(9-11-18)23(31)33-2)22(30)26(24(27)34)13-12-16-6-4-3-5-7-16/h3-11,19H,12-15H2,1-2H3,(H,25,28). The molecule has 2 aromatic rings. The zero-order chi connectivity index (χ0) is 24.7. The van der Waals surface area contributed by atoms with E-state index in [1.54, 1.807) is 12.1 Å². The number of anilines is 1. The van der Waals surface area contributed by atoms with Gasteiger partial charge in [-0.2, -0.15) is 0 Å². The second kappa shape index (κ2) is 11.4. The lowest BCUT2D eigenvalue weighted by Gasteiger charge is -2.22. The van der Waals surface area contributed by atoms with Gasteiger partial charge in [-0.05, 0) is 48.5 Å². The highest BCUT2D eigenvalue weighted by molar-refractivity contribution is 7.80. The number of esters is 2. The van der Waals surface area contributed by atoms with E-state index in [0.717, 1.165) is 5.56 Å². The van der Waals surface area contributed by atoms with E-state index in [1.165, 1.54) is 36.2 Å². The van der Waals surface area contributed by atoms with Crippen LogP contribution >= 0.6 is 12.2 Å². The molecule has 0 radical (unpaired) electrons. The van der Waals surface area contributed by atoms with Crippen LogP contribution in [-0.4, -0.2) is 72.0 Å². The summed E-state index contributed by atoms with van der Waals surface area (Å²) in [5, 5.41) is 2.89. The maximum absolute atomic E-state index is 13.2. The number of ether oxygens (including phenoxy) is 2. The number of hydrogen-bond acceptors (Lipinski definition) is 7. The molecule has 0 aromatic heterocycles. The van der Waals surface area contributed by atoms with Gasteiger partial charge in [0.2, 0.25) is 5.91 Å². The summed E-state index contributed by atoms with van der Waals surface area (Å²) in [5.41, 5.74) is 1.83. The molecule has 2 aromatic carbocycles. The van der Waals surface area contributed by atoms with E-state index >= 15 is 0 Å². The van der Waals surface area contributed by atoms with Crippen LogP contribution in [0.3, 0.4) is 0 Å². The summed E-state index contributed by atoms with van der Waals surface area (Å²) in [5.74, 6) is -1.84. The van der Waals surface area contributed by atoms with Gasteiger partial charge in [-0.15, -0.1) is 0 Å². The van der Waals surface area contributed by atoms with Gasteiger partial charge in [0, 0.05) is 12.2 Å². The average molecular weight is 484 g/mol. The van der Waals surface area contributed by atoms with Crippen molar-refractivity contribution in [2.75, 3.05) is 32.6 Å². The Morgan fingerprint density at radius 1 is 1.00 bits per heavy atom. The highest BCUT2D eigenvalue weighted by Gasteiger charge is 2.44. The van der Waals surface area contributed by atoms with Gasteiger partial charge in [-0.3, -0.25) is 19.3 Å². The summed E-state index contributed by atoms with van der Waals surface area (Å²) in [6.45, 7) is 0.0845. The Balaban J connectivity index is 1.70. The second-order valence-electron chi connectivity index (χ2n) is 7.55. The summed E-state index contributed by atoms with van der Waals surface area (Å²) in [6, 6.07) is 14.9. The van der Waals surface area contributed by atoms with Gasteiger partial charge < -0.3 is 19.7 Å². The zero-order valence-corrected chi connectivity index (χ0v) is 19.7. The van der Waals surface area contributed by atoms with E-state index in [2.05, 4.69) is 10.1 Å². The SMILES string of the molecule is COC(=O)CN1C(=S)N(CCc2ccccc2)C(=O)C1CC(=O)Nc1ccc(C(=O)OC)cc1. The van der Waals surface area contributed by atoms with Crippen molar-refractivity contribution >= 4 is 46.8 Å². The number of carbonyl (C=O) groups excluding carboxylic acids is 4. The summed E-state index contributed by atoms with van der Waals surface area (Å²) in [4.78, 5) is 52.3. The van der Waals surface area contributed by atoms with Crippen LogP contribution in [0.25, 0.3) is 0 Å². The van der Waals surface area contributed by atoms with E-state index in [9.17, 15) is 19.2 Å². The number of benzene rings is 2. The topological polar surface area (TPSA) is 105 Å². The van der Waals surface area contributed by atoms with Crippen LogP contribution in [0.4, 0.5) is 5.69 Å². The lowest BCUT2D eigenvalue weighted by Crippen LogP contribution is -2.41. The van der Waals surface area contributed by atoms with Gasteiger partial charge in [0.25, 0.3) is 5.91 Å². The largest absolute Gasteiger partial charge is 0.468 e. The number of nitrogens with zero attached hydrogens (tertiary/aromatic N) is 2. The molecule has 0 saturated carbocycles. The van der Waals surface area contributed by atoms with Crippen molar-refractivity contribution < 1.29 is 28.7 Å². The summed E-state index contributed by atoms with van der Waals surface area (Å²) >= 11 is 5.48. The molecule has 2 amide bonds. The maximum atomic E-state index is 13.2. The van der Waals surface area contributed by atoms with E-state index in [0.29, 0.717) is 24.2 Å². The molecule has 178 valence electrons. The van der Waals surface area contributed by atoms with Crippen LogP contribution in [0.2, 0.25) is 0 Å². The van der Waals surface area contributed by atoms with Crippen molar-refractivity contribution in [1.29, 1.82) is 0 Å². The molecule has 34 heavy (non-hydrogen) atoms. The van der Waals surface area contributed by atoms with Crippen LogP contribution in [0.1, 0.15) is 22.3 Å². The van der Waals surface area contributed by atoms with Gasteiger partial charge in [0.05, 0.1) is 26.2 Å². The zero-order valence-electron chi connectivity index (χ0n) is 18.9. The highest BCUT2D eigenvalue weighted by Crippen LogP contribution is 2.22. The summed E-state index contributed by atoms with van der Waals surface area (Å²) in [7, 11) is 2.53. The van der Waals surface area contributed by atoms with E-state index < -0.39 is 23.9 Å². The molecule has 1 atom stereocenters. The molecule has 9 nitrogen and oxygen atoms in total. The molecule has 1 fully saturated rings. The predicted molar refractivity (Wildman–Crippen MR) is 128 cm³/mol. The molecule has 1 saturated heterocycles. The van der Waals surface area contributed by atoms with Crippen LogP contribution in [-0.2, 0) is 30.3 Å². The fourth-order valence-corrected chi connectivity index (χ4v) is 3.93. The minimum absolute atomic E-state index is 0.187. The molecule has 1 aliphatic heterocycles. The first-order chi connectivity index (χ1) is 16.3. The fourth-order valence-electron chi connectivity index (χ4n) is 3.56. The molecule has 0 aliphatic carbocycles. The Bertz CT molecular complexity index is 1070. The molecular weight excluding hydrogens is 458 g/mol. The van der Waals surface area contributed by atoms with Crippen molar-refractivity contribution in [2.24, 2.45) is 0 Å². The maximum Gasteiger partial charge on any atom is 0.337 e. The van der Waals surface area contributed by atoms with Gasteiger partial charge >= 0.3 is 11.9 Å². The number of amides is 2. The van der Waals surface area contributed by atoms with Crippen molar-refractivity contribution in [3.63, 3.8) is 0 Å². The summed E-state index contributed by atoms with van der Waals surface area (Å²) in [6.07, 6.45) is 0.362. The molecule has 0 bridgehead atoms. The van der Waals surface area contributed by atoms with Crippen molar-refractivity contribution in [3.8, 4) is 0 Å². The number of rotatable bonds is 9. The van der Waals surface area contributed by atoms with Crippen molar-refractivity contribution in [2.45, 2.75) is 18.9 Å². The lowest BCUT2D eigenvalue weighted by molar-refractivity contribution is -0.141. The van der Waals surface area contributed by atoms with Gasteiger partial charge in [-0.1, -0.05) is 30.3 Å². The minimum Gasteiger partial charge on any atom is -0.468 e. The number of hydrogen-bond donors (Lipinski definition) is 1. The molecule has 10 heteroatoms. The Morgan fingerprint density at radius 2 is 1.68 bits per heavy atom. The quantitative estimate of drug-likeness (QED) is 0.427. The molecule has 0 spiro atoms. The number of methoxy groups -OCH3 is 2. The van der Waals surface area contributed by atoms with E-state index in [1.807, 2.05) is 30.3 Å². The molecule has 1 N–H and O–H groups in total. The molecule has 1 heterocycles. The first-order valence-electron chi connectivity index (χ1n) is 10.5. The molecule has 3 rings (SSSR count). The van der Waals surface area contributed by atoms with Gasteiger partial charge in [0.1, 0.15) is 12.6 Å². The Hall–Kier alpha value is -3.79. The smallest absolute Gasteiger partial charge is 0.337 e. The van der Waals surface area contributed by atoms with Crippen LogP contribution in [0.15, 0.2) is 54.6 Å². The average Bonchev–Trinajstić information content (AvgIpc) is 3.06. The number of thiocarbonyl (C=S) groups is 1. The molecular formula is C24H25N3O6S. The first kappa shape index (κ1) is 24.8. The Labute approximate surface area is 202 Å². The second-order valence-corrected chi connectivity index (χ2v) is 7.91. The normalized spacial score (nSPS) is 15.3. The number of carbonyl (C=O) groups is 4. The van der Waals surface area contributed by atoms with Crippen LogP contribution in [0.5, 0.6) is 0 Å². The van der Waals surface area contributed by atoms with Crippen LogP contribution < -0.4 is 5.32 Å². The minimum atomic E-state index is -0.934. The third-order valence-electron chi connectivity index (χ3n) is 5.37. The molecule has 1 aliphatic rings. The number of nitrogens with one attached hydrogen (secondary N) is 1. The Morgan fingerprint density at radius 3 is 2.29 bits per heavy atom. The molecule has 1 unspecified atom stereocenters. The highest BCUT2D eigenvalue weighted by atomic mass is 32.1. The predicted octanol–water partition coefficient (Wildman–Crippen LogP) is 2.02. The monoisotopic (exact) mass is 483 g/mol. The van der Waals surface area contributed by atoms with Gasteiger partial charge in [-0.25, -0.2) is 4.79 Å². The van der Waals surface area contributed by atoms with Crippen molar-refractivity contribution in [1.82, 2.24) is 9.80 Å². The van der Waals surface area contributed by atoms with Gasteiger partial charge in [0.15, 0.2) is 5.11 Å². The van der Waals surface area contributed by atoms with Crippen LogP contribution in [0, 0.1) is 0 Å². The fraction of sp³-hybridized carbons (Fsp3) is 0.292. The third kappa shape index (κ3) is 5.96. The third-order valence-corrected chi connectivity index (χ3v) is 5.82. The lowest BCUT2D eigenvalue weighted by atomic mass is 10.1. The van der Waals surface area contributed by atoms with E-state index in [-0.39, 0.29) is 24.0 Å². The summed E-state index contributed by atoms with van der Waals surface area (Å²) < 4.78 is 9.40. The Kier molecular flexibility index (Phi) is 8.31.